The van der Waals surface area contributed by atoms with Crippen molar-refractivity contribution < 1.29 is 19.1 Å². The third-order valence-electron chi connectivity index (χ3n) is 3.41. The zero-order valence-corrected chi connectivity index (χ0v) is 13.8. The Balaban J connectivity index is 2.29. The minimum Gasteiger partial charge on any atom is -0.480 e. The van der Waals surface area contributed by atoms with Gasteiger partial charge in [-0.05, 0) is 42.7 Å². The lowest BCUT2D eigenvalue weighted by Gasteiger charge is -2.16. The Labute approximate surface area is 143 Å². The van der Waals surface area contributed by atoms with Gasteiger partial charge in [0.1, 0.15) is 17.6 Å². The quantitative estimate of drug-likeness (QED) is 0.826. The largest absolute Gasteiger partial charge is 0.480 e. The van der Waals surface area contributed by atoms with Crippen molar-refractivity contribution in [1.82, 2.24) is 15.1 Å². The van der Waals surface area contributed by atoms with Gasteiger partial charge in [0.05, 0.1) is 5.69 Å². The van der Waals surface area contributed by atoms with E-state index in [1.807, 2.05) is 13.8 Å². The number of aromatic nitrogens is 2. The molecule has 1 heterocycles. The number of hydrogen-bond acceptors (Lipinski definition) is 4. The summed E-state index contributed by atoms with van der Waals surface area (Å²) in [6.45, 7) is 3.68. The van der Waals surface area contributed by atoms with Crippen LogP contribution in [0.2, 0.25) is 0 Å². The van der Waals surface area contributed by atoms with Gasteiger partial charge >= 0.3 is 5.97 Å². The van der Waals surface area contributed by atoms with Crippen molar-refractivity contribution >= 4 is 11.9 Å². The molecule has 0 saturated carbocycles. The zero-order valence-electron chi connectivity index (χ0n) is 13.8. The molecule has 0 aliphatic rings. The Hall–Kier alpha value is -3.03. The second kappa shape index (κ2) is 7.69. The number of aliphatic carboxylic acids is 1. The highest BCUT2D eigenvalue weighted by atomic mass is 19.1. The summed E-state index contributed by atoms with van der Waals surface area (Å²) in [6, 6.07) is 6.34. The maximum atomic E-state index is 13.0. The molecule has 2 aromatic rings. The highest BCUT2D eigenvalue weighted by molar-refractivity contribution is 5.94. The van der Waals surface area contributed by atoms with Crippen molar-refractivity contribution in [2.75, 3.05) is 0 Å². The fourth-order valence-corrected chi connectivity index (χ4v) is 2.22. The van der Waals surface area contributed by atoms with Crippen LogP contribution in [-0.4, -0.2) is 32.8 Å². The lowest BCUT2D eigenvalue weighted by Crippen LogP contribution is -2.42. The van der Waals surface area contributed by atoms with Gasteiger partial charge in [0.15, 0.2) is 0 Å². The van der Waals surface area contributed by atoms with Gasteiger partial charge in [-0.1, -0.05) is 13.8 Å². The molecule has 2 rings (SSSR count). The maximum Gasteiger partial charge on any atom is 0.326 e. The topological polar surface area (TPSA) is 101 Å². The monoisotopic (exact) mass is 347 g/mol. The minimum absolute atomic E-state index is 0.0718. The molecule has 132 valence electrons. The van der Waals surface area contributed by atoms with Crippen LogP contribution in [0.15, 0.2) is 41.2 Å². The molecule has 0 aliphatic heterocycles. The van der Waals surface area contributed by atoms with Gasteiger partial charge < -0.3 is 10.4 Å². The van der Waals surface area contributed by atoms with E-state index in [0.717, 1.165) is 10.7 Å². The third-order valence-corrected chi connectivity index (χ3v) is 3.41. The average molecular weight is 347 g/mol. The van der Waals surface area contributed by atoms with Crippen molar-refractivity contribution in [1.29, 1.82) is 0 Å². The number of hydrogen-bond donors (Lipinski definition) is 2. The second-order valence-electron chi connectivity index (χ2n) is 5.94. The molecule has 0 aliphatic carbocycles. The molecule has 8 heteroatoms. The highest BCUT2D eigenvalue weighted by Crippen LogP contribution is 2.08. The van der Waals surface area contributed by atoms with Crippen LogP contribution in [-0.2, 0) is 4.79 Å². The number of benzene rings is 1. The van der Waals surface area contributed by atoms with Gasteiger partial charge in [0.2, 0.25) is 0 Å². The molecule has 0 spiro atoms. The average Bonchev–Trinajstić information content (AvgIpc) is 2.55. The maximum absolute atomic E-state index is 13.0. The molecule has 1 atom stereocenters. The molecular formula is C17H18FN3O4. The second-order valence-corrected chi connectivity index (χ2v) is 5.94. The van der Waals surface area contributed by atoms with Gasteiger partial charge in [0, 0.05) is 6.07 Å². The first-order valence-electron chi connectivity index (χ1n) is 7.68. The Morgan fingerprint density at radius 1 is 1.20 bits per heavy atom. The van der Waals surface area contributed by atoms with Crippen molar-refractivity contribution in [3.63, 3.8) is 0 Å². The number of carboxylic acid groups (broad SMARTS) is 1. The molecule has 0 unspecified atom stereocenters. The summed E-state index contributed by atoms with van der Waals surface area (Å²) in [5.41, 5.74) is -0.322. The summed E-state index contributed by atoms with van der Waals surface area (Å²) < 4.78 is 14.0. The molecule has 25 heavy (non-hydrogen) atoms. The van der Waals surface area contributed by atoms with E-state index in [1.165, 1.54) is 30.3 Å². The standard InChI is InChI=1S/C17H18FN3O4/c1-10(2)9-14(17(24)25)19-16(23)13-7-8-15(22)21(20-13)12-5-3-11(18)4-6-12/h3-8,10,14H,9H2,1-2H3,(H,19,23)(H,24,25)/t14-/m0/s1. The smallest absolute Gasteiger partial charge is 0.326 e. The lowest BCUT2D eigenvalue weighted by molar-refractivity contribution is -0.139. The summed E-state index contributed by atoms with van der Waals surface area (Å²) in [6.07, 6.45) is 0.263. The number of nitrogens with one attached hydrogen (secondary N) is 1. The van der Waals surface area contributed by atoms with Gasteiger partial charge in [-0.3, -0.25) is 9.59 Å². The van der Waals surface area contributed by atoms with Gasteiger partial charge in [-0.2, -0.15) is 9.78 Å². The molecule has 0 fully saturated rings. The van der Waals surface area contributed by atoms with Gasteiger partial charge in [0.25, 0.3) is 11.5 Å². The minimum atomic E-state index is -1.14. The van der Waals surface area contributed by atoms with Gasteiger partial charge in [-0.25, -0.2) is 9.18 Å². The highest BCUT2D eigenvalue weighted by Gasteiger charge is 2.22. The van der Waals surface area contributed by atoms with E-state index in [9.17, 15) is 23.9 Å². The number of carboxylic acids is 1. The summed E-state index contributed by atoms with van der Waals surface area (Å²) in [5.74, 6) is -2.25. The van der Waals surface area contributed by atoms with Crippen LogP contribution in [0.4, 0.5) is 4.39 Å². The molecule has 7 nitrogen and oxygen atoms in total. The van der Waals surface area contributed by atoms with E-state index in [4.69, 9.17) is 0 Å². The van der Waals surface area contributed by atoms with Crippen molar-refractivity contribution in [3.05, 3.63) is 58.3 Å². The summed E-state index contributed by atoms with van der Waals surface area (Å²) in [4.78, 5) is 35.5. The van der Waals surface area contributed by atoms with E-state index in [2.05, 4.69) is 10.4 Å². The van der Waals surface area contributed by atoms with Crippen LogP contribution in [0.1, 0.15) is 30.8 Å². The Morgan fingerprint density at radius 3 is 2.40 bits per heavy atom. The van der Waals surface area contributed by atoms with Crippen LogP contribution >= 0.6 is 0 Å². The molecule has 0 saturated heterocycles. The predicted octanol–water partition coefficient (Wildman–Crippen LogP) is 1.60. The Kier molecular flexibility index (Phi) is 5.63. The Morgan fingerprint density at radius 2 is 1.84 bits per heavy atom. The number of rotatable bonds is 6. The summed E-state index contributed by atoms with van der Waals surface area (Å²) in [5, 5.41) is 15.5. The first kappa shape index (κ1) is 18.3. The molecule has 2 N–H and O–H groups in total. The fourth-order valence-electron chi connectivity index (χ4n) is 2.22. The number of amides is 1. The van der Waals surface area contributed by atoms with Crippen molar-refractivity contribution in [2.45, 2.75) is 26.3 Å². The van der Waals surface area contributed by atoms with Crippen LogP contribution in [0.25, 0.3) is 5.69 Å². The normalized spacial score (nSPS) is 12.0. The van der Waals surface area contributed by atoms with Crippen molar-refractivity contribution in [2.24, 2.45) is 5.92 Å². The third kappa shape index (κ3) is 4.72. The number of carbonyl (C=O) groups is 2. The van der Waals surface area contributed by atoms with E-state index >= 15 is 0 Å². The van der Waals surface area contributed by atoms with Crippen LogP contribution < -0.4 is 10.9 Å². The number of carbonyl (C=O) groups excluding carboxylic acids is 1. The van der Waals surface area contributed by atoms with Gasteiger partial charge in [-0.15, -0.1) is 0 Å². The SMILES string of the molecule is CC(C)C[C@H](NC(=O)c1ccc(=O)n(-c2ccc(F)cc2)n1)C(=O)O. The van der Waals surface area contributed by atoms with Crippen LogP contribution in [0.5, 0.6) is 0 Å². The van der Waals surface area contributed by atoms with E-state index in [0.29, 0.717) is 0 Å². The fraction of sp³-hybridized carbons (Fsp3) is 0.294. The number of halogens is 1. The molecule has 1 amide bonds. The molecule has 0 bridgehead atoms. The predicted molar refractivity (Wildman–Crippen MR) is 88.1 cm³/mol. The summed E-state index contributed by atoms with van der Waals surface area (Å²) >= 11 is 0. The molecule has 1 aromatic carbocycles. The zero-order chi connectivity index (χ0) is 18.6. The first-order chi connectivity index (χ1) is 11.8. The molecule has 1 aromatic heterocycles. The molecule has 0 radical (unpaired) electrons. The van der Waals surface area contributed by atoms with E-state index < -0.39 is 29.3 Å². The Bertz CT molecular complexity index is 831. The molecular weight excluding hydrogens is 329 g/mol. The lowest BCUT2D eigenvalue weighted by atomic mass is 10.0. The van der Waals surface area contributed by atoms with Crippen LogP contribution in [0, 0.1) is 11.7 Å². The summed E-state index contributed by atoms with van der Waals surface area (Å²) in [7, 11) is 0. The van der Waals surface area contributed by atoms with Crippen molar-refractivity contribution in [3.8, 4) is 5.69 Å². The first-order valence-corrected chi connectivity index (χ1v) is 7.68. The van der Waals surface area contributed by atoms with E-state index in [-0.39, 0.29) is 23.7 Å². The van der Waals surface area contributed by atoms with Crippen LogP contribution in [0.3, 0.4) is 0 Å². The van der Waals surface area contributed by atoms with E-state index in [1.54, 1.807) is 0 Å². The number of nitrogens with zero attached hydrogens (tertiary/aromatic N) is 2.